The number of nitrogens with zero attached hydrogens (tertiary/aromatic N) is 3. The molecule has 0 amide bonds. The number of aromatic nitrogens is 3. The van der Waals surface area contributed by atoms with Crippen molar-refractivity contribution in [2.75, 3.05) is 6.54 Å². The largest absolute Gasteiger partial charge is 0.309 e. The van der Waals surface area contributed by atoms with Gasteiger partial charge in [-0.05, 0) is 0 Å². The number of alkyl halides is 2. The number of hydrogen-bond acceptors (Lipinski definition) is 3. The van der Waals surface area contributed by atoms with Crippen molar-refractivity contribution in [2.24, 2.45) is 0 Å². The lowest BCUT2D eigenvalue weighted by Gasteiger charge is -2.18. The second-order valence-electron chi connectivity index (χ2n) is 3.48. The number of hydrogen-bond donors (Lipinski definition) is 1. The van der Waals surface area contributed by atoms with Crippen LogP contribution in [0.2, 0.25) is 0 Å². The van der Waals surface area contributed by atoms with Gasteiger partial charge in [0, 0.05) is 6.04 Å². The van der Waals surface area contributed by atoms with Crippen molar-refractivity contribution in [1.82, 2.24) is 20.1 Å². The Kier molecular flexibility index (Phi) is 3.51. The maximum Gasteiger partial charge on any atom is 0.279 e. The van der Waals surface area contributed by atoms with Crippen molar-refractivity contribution in [1.29, 1.82) is 0 Å². The Hall–Kier alpha value is -1.04. The van der Waals surface area contributed by atoms with Crippen LogP contribution >= 0.6 is 0 Å². The Morgan fingerprint density at radius 1 is 1.50 bits per heavy atom. The van der Waals surface area contributed by atoms with Crippen molar-refractivity contribution in [3.63, 3.8) is 0 Å². The summed E-state index contributed by atoms with van der Waals surface area (Å²) in [6, 6.07) is 0.0524. The summed E-state index contributed by atoms with van der Waals surface area (Å²) in [6.07, 6.45) is 2.52. The molecule has 0 spiro atoms. The van der Waals surface area contributed by atoms with E-state index >= 15 is 0 Å². The van der Waals surface area contributed by atoms with Gasteiger partial charge in [0.25, 0.3) is 5.92 Å². The molecule has 0 bridgehead atoms. The van der Waals surface area contributed by atoms with Gasteiger partial charge in [0.15, 0.2) is 0 Å². The molecule has 6 heteroatoms. The molecule has 1 aromatic rings. The fourth-order valence-electron chi connectivity index (χ4n) is 0.961. The molecular weight excluding hydrogens is 190 g/mol. The summed E-state index contributed by atoms with van der Waals surface area (Å²) in [6.45, 7) is 2.87. The van der Waals surface area contributed by atoms with Gasteiger partial charge >= 0.3 is 0 Å². The third-order valence-corrected chi connectivity index (χ3v) is 1.63. The highest BCUT2D eigenvalue weighted by molar-refractivity contribution is 4.72. The van der Waals surface area contributed by atoms with Crippen LogP contribution in [0.25, 0.3) is 0 Å². The molecule has 0 aromatic carbocycles. The van der Waals surface area contributed by atoms with Crippen molar-refractivity contribution in [3.8, 4) is 0 Å². The molecule has 1 aromatic heterocycles. The Balaban J connectivity index is 2.41. The van der Waals surface area contributed by atoms with Gasteiger partial charge in [-0.1, -0.05) is 13.8 Å². The Bertz CT molecular complexity index is 258. The van der Waals surface area contributed by atoms with Crippen LogP contribution < -0.4 is 5.32 Å². The lowest BCUT2D eigenvalue weighted by atomic mass is 10.3. The smallest absolute Gasteiger partial charge is 0.279 e. The molecule has 0 fully saturated rings. The molecule has 4 nitrogen and oxygen atoms in total. The van der Waals surface area contributed by atoms with Crippen LogP contribution in [0.1, 0.15) is 13.8 Å². The molecule has 80 valence electrons. The molecule has 0 saturated carbocycles. The molecule has 1 heterocycles. The Morgan fingerprint density at radius 2 is 2.21 bits per heavy atom. The first-order valence-corrected chi connectivity index (χ1v) is 4.43. The van der Waals surface area contributed by atoms with E-state index in [0.29, 0.717) is 0 Å². The van der Waals surface area contributed by atoms with Crippen molar-refractivity contribution in [3.05, 3.63) is 12.7 Å². The molecule has 0 aliphatic rings. The van der Waals surface area contributed by atoms with E-state index in [1.807, 2.05) is 13.8 Å². The van der Waals surface area contributed by atoms with E-state index in [0.717, 1.165) is 4.68 Å². The molecule has 0 aliphatic carbocycles. The van der Waals surface area contributed by atoms with Gasteiger partial charge in [-0.15, -0.1) is 0 Å². The molecule has 0 unspecified atom stereocenters. The van der Waals surface area contributed by atoms with E-state index < -0.39 is 12.5 Å². The molecule has 0 saturated heterocycles. The molecule has 1 N–H and O–H groups in total. The molecule has 1 rings (SSSR count). The normalized spacial score (nSPS) is 12.4. The maximum atomic E-state index is 13.2. The standard InChI is InChI=1S/C8H14F2N4/c1-7(2)12-3-8(9,10)4-14-6-11-5-13-14/h5-7,12H,3-4H2,1-2H3. The first-order valence-electron chi connectivity index (χ1n) is 4.43. The van der Waals surface area contributed by atoms with Gasteiger partial charge in [-0.3, -0.25) is 0 Å². The Labute approximate surface area is 81.3 Å². The zero-order chi connectivity index (χ0) is 10.6. The van der Waals surface area contributed by atoms with Crippen molar-refractivity contribution < 1.29 is 8.78 Å². The highest BCUT2D eigenvalue weighted by atomic mass is 19.3. The highest BCUT2D eigenvalue weighted by Crippen LogP contribution is 2.14. The second-order valence-corrected chi connectivity index (χ2v) is 3.48. The second kappa shape index (κ2) is 4.45. The lowest BCUT2D eigenvalue weighted by molar-refractivity contribution is -0.0195. The number of rotatable bonds is 5. The Morgan fingerprint density at radius 3 is 2.71 bits per heavy atom. The molecular formula is C8H14F2N4. The molecule has 0 radical (unpaired) electrons. The van der Waals surface area contributed by atoms with Crippen LogP contribution in [0, 0.1) is 0 Å². The van der Waals surface area contributed by atoms with Crippen LogP contribution in [-0.4, -0.2) is 33.3 Å². The summed E-state index contributed by atoms with van der Waals surface area (Å²) < 4.78 is 27.5. The third-order valence-electron chi connectivity index (χ3n) is 1.63. The SMILES string of the molecule is CC(C)NCC(F)(F)Cn1cncn1. The predicted molar refractivity (Wildman–Crippen MR) is 48.1 cm³/mol. The molecule has 14 heavy (non-hydrogen) atoms. The van der Waals surface area contributed by atoms with E-state index in [4.69, 9.17) is 0 Å². The fourth-order valence-corrected chi connectivity index (χ4v) is 0.961. The first kappa shape index (κ1) is 11.0. The summed E-state index contributed by atoms with van der Waals surface area (Å²) in [5, 5.41) is 6.31. The van der Waals surface area contributed by atoms with Gasteiger partial charge in [0.05, 0.1) is 6.54 Å². The molecule has 0 aliphatic heterocycles. The van der Waals surface area contributed by atoms with E-state index in [2.05, 4.69) is 15.4 Å². The summed E-state index contributed by atoms with van der Waals surface area (Å²) in [5.74, 6) is -2.79. The zero-order valence-corrected chi connectivity index (χ0v) is 8.24. The third kappa shape index (κ3) is 3.78. The van der Waals surface area contributed by atoms with Gasteiger partial charge in [0.2, 0.25) is 0 Å². The minimum absolute atomic E-state index is 0.0524. The maximum absolute atomic E-state index is 13.2. The zero-order valence-electron chi connectivity index (χ0n) is 8.24. The number of nitrogens with one attached hydrogen (secondary N) is 1. The summed E-state index contributed by atoms with van der Waals surface area (Å²) in [5.41, 5.74) is 0. The minimum atomic E-state index is -2.79. The topological polar surface area (TPSA) is 42.7 Å². The average molecular weight is 204 g/mol. The van der Waals surface area contributed by atoms with Crippen molar-refractivity contribution >= 4 is 0 Å². The van der Waals surface area contributed by atoms with E-state index in [1.165, 1.54) is 12.7 Å². The minimum Gasteiger partial charge on any atom is -0.309 e. The van der Waals surface area contributed by atoms with Crippen molar-refractivity contribution in [2.45, 2.75) is 32.4 Å². The predicted octanol–water partition coefficient (Wildman–Crippen LogP) is 0.911. The van der Waals surface area contributed by atoms with Crippen LogP contribution in [0.5, 0.6) is 0 Å². The fraction of sp³-hybridized carbons (Fsp3) is 0.750. The first-order chi connectivity index (χ1) is 6.49. The van der Waals surface area contributed by atoms with Gasteiger partial charge in [-0.25, -0.2) is 18.4 Å². The average Bonchev–Trinajstić information content (AvgIpc) is 2.53. The van der Waals surface area contributed by atoms with E-state index in [1.54, 1.807) is 0 Å². The summed E-state index contributed by atoms with van der Waals surface area (Å²) >= 11 is 0. The van der Waals surface area contributed by atoms with Gasteiger partial charge in [0.1, 0.15) is 19.2 Å². The monoisotopic (exact) mass is 204 g/mol. The van der Waals surface area contributed by atoms with Gasteiger partial charge < -0.3 is 5.32 Å². The number of halogens is 2. The van der Waals surface area contributed by atoms with E-state index in [-0.39, 0.29) is 12.6 Å². The summed E-state index contributed by atoms with van der Waals surface area (Å²) in [7, 11) is 0. The van der Waals surface area contributed by atoms with Gasteiger partial charge in [-0.2, -0.15) is 5.10 Å². The van der Waals surface area contributed by atoms with E-state index in [9.17, 15) is 8.78 Å². The highest BCUT2D eigenvalue weighted by Gasteiger charge is 2.29. The van der Waals surface area contributed by atoms with Crippen LogP contribution in [0.3, 0.4) is 0 Å². The van der Waals surface area contributed by atoms with Crippen LogP contribution in [0.15, 0.2) is 12.7 Å². The van der Waals surface area contributed by atoms with Crippen LogP contribution in [-0.2, 0) is 6.54 Å². The molecule has 0 atom stereocenters. The lowest BCUT2D eigenvalue weighted by Crippen LogP contribution is -2.39. The van der Waals surface area contributed by atoms with Crippen LogP contribution in [0.4, 0.5) is 8.78 Å². The quantitative estimate of drug-likeness (QED) is 0.775. The summed E-state index contributed by atoms with van der Waals surface area (Å²) in [4.78, 5) is 3.60.